The van der Waals surface area contributed by atoms with Crippen molar-refractivity contribution in [3.63, 3.8) is 0 Å². The monoisotopic (exact) mass is 644 g/mol. The summed E-state index contributed by atoms with van der Waals surface area (Å²) in [5, 5.41) is 9.58. The fourth-order valence-electron chi connectivity index (χ4n) is 5.87. The highest BCUT2D eigenvalue weighted by Gasteiger charge is 2.49. The summed E-state index contributed by atoms with van der Waals surface area (Å²) in [5.74, 6) is -0.992. The van der Waals surface area contributed by atoms with E-state index in [0.29, 0.717) is 26.4 Å². The van der Waals surface area contributed by atoms with Crippen molar-refractivity contribution < 1.29 is 33.6 Å². The van der Waals surface area contributed by atoms with Crippen molar-refractivity contribution in [2.45, 2.75) is 56.9 Å². The molecule has 1 aliphatic heterocycles. The maximum absolute atomic E-state index is 11.7. The highest BCUT2D eigenvalue weighted by molar-refractivity contribution is 5.87. The molecule has 1 aliphatic rings. The third-order valence-corrected chi connectivity index (χ3v) is 8.37. The molecule has 6 rings (SSSR count). The van der Waals surface area contributed by atoms with E-state index >= 15 is 0 Å². The van der Waals surface area contributed by atoms with Gasteiger partial charge in [-0.25, -0.2) is 4.79 Å². The molecule has 7 nitrogen and oxygen atoms in total. The van der Waals surface area contributed by atoms with Crippen LogP contribution in [0.3, 0.4) is 0 Å². The van der Waals surface area contributed by atoms with Crippen molar-refractivity contribution in [3.8, 4) is 0 Å². The summed E-state index contributed by atoms with van der Waals surface area (Å²) in [5.41, 5.74) is 5.08. The molecule has 246 valence electrons. The lowest BCUT2D eigenvalue weighted by Crippen LogP contribution is -2.58. The fourth-order valence-corrected chi connectivity index (χ4v) is 5.87. The van der Waals surface area contributed by atoms with Crippen LogP contribution in [0.4, 0.5) is 0 Å². The average molecular weight is 645 g/mol. The van der Waals surface area contributed by atoms with Crippen LogP contribution in [-0.2, 0) is 50.1 Å². The van der Waals surface area contributed by atoms with Gasteiger partial charge in [0.1, 0.15) is 30.5 Å². The first-order valence-electron chi connectivity index (χ1n) is 16.2. The van der Waals surface area contributed by atoms with E-state index in [-0.39, 0.29) is 12.2 Å². The smallest absolute Gasteiger partial charge is 0.335 e. The lowest BCUT2D eigenvalue weighted by Gasteiger charge is -2.46. The quantitative estimate of drug-likeness (QED) is 0.125. The molecule has 1 fully saturated rings. The number of rotatable bonds is 15. The summed E-state index contributed by atoms with van der Waals surface area (Å²) in [6.07, 6.45) is -2.85. The van der Waals surface area contributed by atoms with Crippen LogP contribution in [0.2, 0.25) is 0 Å². The molecule has 7 heteroatoms. The van der Waals surface area contributed by atoms with Gasteiger partial charge in [0.05, 0.1) is 38.6 Å². The number of carbonyl (C=O) groups is 1. The Kier molecular flexibility index (Phi) is 11.8. The molecule has 1 saturated heterocycles. The summed E-state index contributed by atoms with van der Waals surface area (Å²) in [6.45, 7) is 1.66. The summed E-state index contributed by atoms with van der Waals surface area (Å²) in [4.78, 5) is 11.7. The Morgan fingerprint density at radius 1 is 0.521 bits per heavy atom. The SMILES string of the molecule is O=C(O)c1ccc([C@@H]2O[C@H](COCc3ccccc3)[C@@H](OCc3ccccc3)[C@H](OCc3ccccc3)[C@@H]2OCc2ccccc2)cc1. The van der Waals surface area contributed by atoms with Gasteiger partial charge in [-0.2, -0.15) is 0 Å². The maximum Gasteiger partial charge on any atom is 0.335 e. The van der Waals surface area contributed by atoms with Crippen LogP contribution in [-0.4, -0.2) is 42.1 Å². The molecule has 0 aromatic heterocycles. The molecular weight excluding hydrogens is 604 g/mol. The van der Waals surface area contributed by atoms with E-state index < -0.39 is 36.5 Å². The highest BCUT2D eigenvalue weighted by atomic mass is 16.6. The van der Waals surface area contributed by atoms with E-state index in [1.165, 1.54) is 0 Å². The van der Waals surface area contributed by atoms with Crippen molar-refractivity contribution in [2.75, 3.05) is 6.61 Å². The maximum atomic E-state index is 11.7. The minimum Gasteiger partial charge on any atom is -0.478 e. The molecule has 0 radical (unpaired) electrons. The van der Waals surface area contributed by atoms with Crippen LogP contribution < -0.4 is 0 Å². The van der Waals surface area contributed by atoms with Crippen molar-refractivity contribution in [2.24, 2.45) is 0 Å². The van der Waals surface area contributed by atoms with Crippen molar-refractivity contribution in [1.29, 1.82) is 0 Å². The molecule has 0 unspecified atom stereocenters. The lowest BCUT2D eigenvalue weighted by molar-refractivity contribution is -0.275. The Morgan fingerprint density at radius 3 is 1.40 bits per heavy atom. The van der Waals surface area contributed by atoms with Crippen LogP contribution in [0.1, 0.15) is 44.3 Å². The Labute approximate surface area is 281 Å². The number of hydrogen-bond acceptors (Lipinski definition) is 6. The Morgan fingerprint density at radius 2 is 0.938 bits per heavy atom. The third-order valence-electron chi connectivity index (χ3n) is 8.37. The Hall–Kier alpha value is -4.63. The predicted molar refractivity (Wildman–Crippen MR) is 182 cm³/mol. The minimum atomic E-state index is -0.992. The summed E-state index contributed by atoms with van der Waals surface area (Å²) in [7, 11) is 0. The van der Waals surface area contributed by atoms with E-state index in [1.807, 2.05) is 121 Å². The van der Waals surface area contributed by atoms with E-state index in [2.05, 4.69) is 0 Å². The predicted octanol–water partition coefficient (Wildman–Crippen LogP) is 7.80. The summed E-state index contributed by atoms with van der Waals surface area (Å²) in [6, 6.07) is 46.7. The second-order valence-corrected chi connectivity index (χ2v) is 11.8. The first-order chi connectivity index (χ1) is 23.6. The molecule has 1 N–H and O–H groups in total. The summed E-state index contributed by atoms with van der Waals surface area (Å²) < 4.78 is 33.4. The van der Waals surface area contributed by atoms with Gasteiger partial charge in [-0.1, -0.05) is 133 Å². The van der Waals surface area contributed by atoms with Gasteiger partial charge < -0.3 is 28.8 Å². The Balaban J connectivity index is 1.35. The van der Waals surface area contributed by atoms with Gasteiger partial charge in [0.25, 0.3) is 0 Å². The molecule has 0 amide bonds. The van der Waals surface area contributed by atoms with E-state index in [1.54, 1.807) is 24.3 Å². The largest absolute Gasteiger partial charge is 0.478 e. The average Bonchev–Trinajstić information content (AvgIpc) is 3.14. The van der Waals surface area contributed by atoms with E-state index in [4.69, 9.17) is 23.7 Å². The zero-order valence-corrected chi connectivity index (χ0v) is 26.7. The molecule has 48 heavy (non-hydrogen) atoms. The van der Waals surface area contributed by atoms with E-state index in [9.17, 15) is 9.90 Å². The molecule has 5 atom stereocenters. The zero-order valence-electron chi connectivity index (χ0n) is 26.7. The highest BCUT2D eigenvalue weighted by Crippen LogP contribution is 2.38. The van der Waals surface area contributed by atoms with Gasteiger partial charge in [0, 0.05) is 0 Å². The fraction of sp³-hybridized carbons (Fsp3) is 0.244. The second-order valence-electron chi connectivity index (χ2n) is 11.8. The first-order valence-corrected chi connectivity index (χ1v) is 16.2. The molecule has 0 bridgehead atoms. The van der Waals surface area contributed by atoms with Crippen molar-refractivity contribution in [3.05, 3.63) is 179 Å². The standard InChI is InChI=1S/C41H40O7/c42-41(43)35-23-21-34(22-24-35)37-39(46-27-32-17-9-3-10-18-32)40(47-28-33-19-11-4-12-20-33)38(45-26-31-15-7-2-8-16-31)36(48-37)29-44-25-30-13-5-1-6-14-30/h1-24,36-40H,25-29H2,(H,42,43)/t36-,37+,38-,39-,40+/m1/s1. The molecule has 0 saturated carbocycles. The summed E-state index contributed by atoms with van der Waals surface area (Å²) >= 11 is 0. The molecule has 0 aliphatic carbocycles. The number of carboxylic acids is 1. The van der Waals surface area contributed by atoms with Gasteiger partial charge in [-0.3, -0.25) is 0 Å². The molecule has 0 spiro atoms. The van der Waals surface area contributed by atoms with Crippen LogP contribution >= 0.6 is 0 Å². The normalized spacial score (nSPS) is 20.7. The number of hydrogen-bond donors (Lipinski definition) is 1. The number of ether oxygens (including phenoxy) is 5. The van der Waals surface area contributed by atoms with Gasteiger partial charge in [-0.05, 0) is 39.9 Å². The van der Waals surface area contributed by atoms with Crippen LogP contribution in [0.15, 0.2) is 146 Å². The molecule has 5 aromatic carbocycles. The lowest BCUT2D eigenvalue weighted by atomic mass is 9.90. The van der Waals surface area contributed by atoms with Gasteiger partial charge in [0.2, 0.25) is 0 Å². The van der Waals surface area contributed by atoms with Crippen molar-refractivity contribution >= 4 is 5.97 Å². The second kappa shape index (κ2) is 17.0. The van der Waals surface area contributed by atoms with Gasteiger partial charge in [-0.15, -0.1) is 0 Å². The van der Waals surface area contributed by atoms with Crippen LogP contribution in [0, 0.1) is 0 Å². The molecular formula is C41H40O7. The zero-order chi connectivity index (χ0) is 33.0. The Bertz CT molecular complexity index is 1660. The minimum absolute atomic E-state index is 0.194. The number of carboxylic acid groups (broad SMARTS) is 1. The van der Waals surface area contributed by atoms with E-state index in [0.717, 1.165) is 27.8 Å². The number of aromatic carboxylic acids is 1. The topological polar surface area (TPSA) is 83.5 Å². The molecule has 5 aromatic rings. The number of benzene rings is 5. The molecule has 1 heterocycles. The van der Waals surface area contributed by atoms with Crippen molar-refractivity contribution in [1.82, 2.24) is 0 Å². The van der Waals surface area contributed by atoms with Gasteiger partial charge in [0.15, 0.2) is 0 Å². The van der Waals surface area contributed by atoms with Crippen LogP contribution in [0.5, 0.6) is 0 Å². The van der Waals surface area contributed by atoms with Gasteiger partial charge >= 0.3 is 5.97 Å². The van der Waals surface area contributed by atoms with Crippen LogP contribution in [0.25, 0.3) is 0 Å². The third kappa shape index (κ3) is 9.04. The first kappa shape index (κ1) is 33.3.